The fourth-order valence-electron chi connectivity index (χ4n) is 2.71. The summed E-state index contributed by atoms with van der Waals surface area (Å²) in [7, 11) is -4.44. The van der Waals surface area contributed by atoms with Gasteiger partial charge >= 0.3 is 0 Å². The second kappa shape index (κ2) is 8.56. The predicted molar refractivity (Wildman–Crippen MR) is 107 cm³/mol. The normalized spacial score (nSPS) is 12.6. The summed E-state index contributed by atoms with van der Waals surface area (Å²) < 4.78 is 53.7. The maximum atomic E-state index is 12.7. The highest BCUT2D eigenvalue weighted by atomic mass is 32.2. The van der Waals surface area contributed by atoms with Crippen molar-refractivity contribution in [2.24, 2.45) is 0 Å². The van der Waals surface area contributed by atoms with Gasteiger partial charge in [0.25, 0.3) is 5.56 Å². The molecule has 0 fully saturated rings. The molecule has 0 bridgehead atoms. The van der Waals surface area contributed by atoms with Gasteiger partial charge in [-0.3, -0.25) is 4.79 Å². The number of hydrogen-bond donors (Lipinski definition) is 0. The summed E-state index contributed by atoms with van der Waals surface area (Å²) in [6.07, 6.45) is 1.29. The third-order valence-electron chi connectivity index (χ3n) is 4.33. The molecular formula is C18H25N3O5S2. The molecule has 1 heterocycles. The first-order valence-electron chi connectivity index (χ1n) is 8.76. The first kappa shape index (κ1) is 22.3. The van der Waals surface area contributed by atoms with Crippen molar-refractivity contribution < 1.29 is 16.8 Å². The van der Waals surface area contributed by atoms with Crippen molar-refractivity contribution in [1.82, 2.24) is 13.2 Å². The van der Waals surface area contributed by atoms with E-state index in [2.05, 4.69) is 0 Å². The van der Waals surface area contributed by atoms with E-state index >= 15 is 0 Å². The van der Waals surface area contributed by atoms with E-state index in [0.29, 0.717) is 18.7 Å². The molecule has 2 rings (SSSR count). The van der Waals surface area contributed by atoms with Crippen LogP contribution in [0, 0.1) is 0 Å². The monoisotopic (exact) mass is 427 g/mol. The molecule has 1 aromatic carbocycles. The molecule has 0 saturated carbocycles. The van der Waals surface area contributed by atoms with Crippen LogP contribution >= 0.6 is 0 Å². The average molecular weight is 428 g/mol. The van der Waals surface area contributed by atoms with Crippen molar-refractivity contribution in [3.05, 3.63) is 58.5 Å². The molecular weight excluding hydrogens is 402 g/mol. The maximum Gasteiger partial charge on any atom is 0.250 e. The van der Waals surface area contributed by atoms with Crippen LogP contribution < -0.4 is 5.56 Å². The molecule has 0 aliphatic heterocycles. The van der Waals surface area contributed by atoms with Crippen LogP contribution in [-0.4, -0.2) is 57.2 Å². The lowest BCUT2D eigenvalue weighted by atomic mass is 10.2. The van der Waals surface area contributed by atoms with Gasteiger partial charge in [-0.25, -0.2) is 21.1 Å². The summed E-state index contributed by atoms with van der Waals surface area (Å²) >= 11 is 0. The maximum absolute atomic E-state index is 12.7. The van der Waals surface area contributed by atoms with E-state index in [-0.39, 0.29) is 21.9 Å². The fraction of sp³-hybridized carbons (Fsp3) is 0.389. The molecule has 0 spiro atoms. The average Bonchev–Trinajstić information content (AvgIpc) is 2.64. The zero-order chi connectivity index (χ0) is 21.1. The van der Waals surface area contributed by atoms with Gasteiger partial charge in [0.2, 0.25) is 20.0 Å². The van der Waals surface area contributed by atoms with Crippen LogP contribution in [0.2, 0.25) is 0 Å². The molecule has 0 aliphatic carbocycles. The van der Waals surface area contributed by atoms with Gasteiger partial charge in [0.05, 0.1) is 16.3 Å². The van der Waals surface area contributed by atoms with E-state index in [1.54, 1.807) is 26.0 Å². The highest BCUT2D eigenvalue weighted by Gasteiger charge is 2.22. The van der Waals surface area contributed by atoms with Crippen LogP contribution in [0.15, 0.2) is 57.2 Å². The molecule has 0 saturated heterocycles. The van der Waals surface area contributed by atoms with Crippen LogP contribution in [0.3, 0.4) is 0 Å². The second-order valence-electron chi connectivity index (χ2n) is 6.36. The van der Waals surface area contributed by atoms with E-state index in [0.717, 1.165) is 4.31 Å². The molecule has 0 radical (unpaired) electrons. The molecule has 0 N–H and O–H groups in total. The Morgan fingerprint density at radius 2 is 1.54 bits per heavy atom. The lowest BCUT2D eigenvalue weighted by Gasteiger charge is -2.19. The third kappa shape index (κ3) is 4.52. The number of rotatable bonds is 8. The highest BCUT2D eigenvalue weighted by Crippen LogP contribution is 2.17. The topological polar surface area (TPSA) is 96.8 Å². The zero-order valence-corrected chi connectivity index (χ0v) is 18.0. The Morgan fingerprint density at radius 3 is 2.11 bits per heavy atom. The standard InChI is InChI=1S/C18H25N3O5S2/c1-5-21(6-2)28(25,26)17-10-11-18(22)20(14-17)13-15-8-7-9-16(12-15)27(23,24)19(3)4/h7-12,14H,5-6,13H2,1-4H3. The van der Waals surface area contributed by atoms with Gasteiger partial charge in [0.15, 0.2) is 0 Å². The largest absolute Gasteiger partial charge is 0.310 e. The van der Waals surface area contributed by atoms with Crippen molar-refractivity contribution in [3.8, 4) is 0 Å². The minimum Gasteiger partial charge on any atom is -0.310 e. The van der Waals surface area contributed by atoms with Gasteiger partial charge in [-0.05, 0) is 23.8 Å². The Labute approximate surface area is 166 Å². The van der Waals surface area contributed by atoms with Crippen molar-refractivity contribution in [3.63, 3.8) is 0 Å². The van der Waals surface area contributed by atoms with E-state index in [4.69, 9.17) is 0 Å². The molecule has 154 valence electrons. The van der Waals surface area contributed by atoms with Crippen LogP contribution in [0.5, 0.6) is 0 Å². The van der Waals surface area contributed by atoms with E-state index < -0.39 is 20.0 Å². The van der Waals surface area contributed by atoms with Crippen molar-refractivity contribution in [2.75, 3.05) is 27.2 Å². The number of aromatic nitrogens is 1. The van der Waals surface area contributed by atoms with Crippen molar-refractivity contribution in [2.45, 2.75) is 30.2 Å². The Hall–Kier alpha value is -2.01. The van der Waals surface area contributed by atoms with Crippen LogP contribution in [-0.2, 0) is 26.6 Å². The quantitative estimate of drug-likeness (QED) is 0.630. The van der Waals surface area contributed by atoms with E-state index in [1.807, 2.05) is 0 Å². The van der Waals surface area contributed by atoms with Gasteiger partial charge in [-0.1, -0.05) is 26.0 Å². The summed E-state index contributed by atoms with van der Waals surface area (Å²) in [6, 6.07) is 8.73. The highest BCUT2D eigenvalue weighted by molar-refractivity contribution is 7.89. The number of hydrogen-bond acceptors (Lipinski definition) is 5. The minimum atomic E-state index is -3.70. The smallest absolute Gasteiger partial charge is 0.250 e. The van der Waals surface area contributed by atoms with Gasteiger partial charge in [-0.15, -0.1) is 0 Å². The van der Waals surface area contributed by atoms with Crippen molar-refractivity contribution in [1.29, 1.82) is 0 Å². The number of pyridine rings is 1. The molecule has 0 aliphatic rings. The molecule has 2 aromatic rings. The lowest BCUT2D eigenvalue weighted by Crippen LogP contribution is -2.32. The second-order valence-corrected chi connectivity index (χ2v) is 10.4. The van der Waals surface area contributed by atoms with Gasteiger partial charge in [0, 0.05) is 39.4 Å². The predicted octanol–water partition coefficient (Wildman–Crippen LogP) is 1.18. The zero-order valence-electron chi connectivity index (χ0n) is 16.4. The molecule has 10 heteroatoms. The van der Waals surface area contributed by atoms with Crippen LogP contribution in [0.25, 0.3) is 0 Å². The number of nitrogens with zero attached hydrogens (tertiary/aromatic N) is 3. The number of benzene rings is 1. The van der Waals surface area contributed by atoms with Gasteiger partial charge in [0.1, 0.15) is 0 Å². The molecule has 0 amide bonds. The minimum absolute atomic E-state index is 0.0212. The molecule has 1 aromatic heterocycles. The van der Waals surface area contributed by atoms with Crippen LogP contribution in [0.1, 0.15) is 19.4 Å². The number of sulfonamides is 2. The fourth-order valence-corrected chi connectivity index (χ4v) is 5.16. The van der Waals surface area contributed by atoms with Gasteiger partial charge < -0.3 is 4.57 Å². The Morgan fingerprint density at radius 1 is 0.893 bits per heavy atom. The SMILES string of the molecule is CCN(CC)S(=O)(=O)c1ccc(=O)n(Cc2cccc(S(=O)(=O)N(C)C)c2)c1. The summed E-state index contributed by atoms with van der Waals surface area (Å²) in [4.78, 5) is 12.4. The molecule has 28 heavy (non-hydrogen) atoms. The summed E-state index contributed by atoms with van der Waals surface area (Å²) in [6.45, 7) is 4.18. The van der Waals surface area contributed by atoms with E-state index in [1.165, 1.54) is 53.4 Å². The molecule has 8 nitrogen and oxygen atoms in total. The third-order valence-corrected chi connectivity index (χ3v) is 8.17. The molecule has 0 atom stereocenters. The molecule has 0 unspecified atom stereocenters. The van der Waals surface area contributed by atoms with Crippen LogP contribution in [0.4, 0.5) is 0 Å². The summed E-state index contributed by atoms with van der Waals surface area (Å²) in [5, 5.41) is 0. The first-order valence-corrected chi connectivity index (χ1v) is 11.6. The first-order chi connectivity index (χ1) is 13.0. The Balaban J connectivity index is 2.45. The summed E-state index contributed by atoms with van der Waals surface area (Å²) in [5.74, 6) is 0. The lowest BCUT2D eigenvalue weighted by molar-refractivity contribution is 0.444. The van der Waals surface area contributed by atoms with Crippen molar-refractivity contribution >= 4 is 20.0 Å². The van der Waals surface area contributed by atoms with E-state index in [9.17, 15) is 21.6 Å². The summed E-state index contributed by atoms with van der Waals surface area (Å²) in [5.41, 5.74) is 0.196. The Kier molecular flexibility index (Phi) is 6.81. The Bertz CT molecular complexity index is 1100. The van der Waals surface area contributed by atoms with Gasteiger partial charge in [-0.2, -0.15) is 4.31 Å².